The molecule has 1 fully saturated rings. The highest BCUT2D eigenvalue weighted by molar-refractivity contribution is 7.89. The van der Waals surface area contributed by atoms with Gasteiger partial charge in [0.25, 0.3) is 0 Å². The minimum absolute atomic E-state index is 0.124. The highest BCUT2D eigenvalue weighted by atomic mass is 32.2. The summed E-state index contributed by atoms with van der Waals surface area (Å²) in [6, 6.07) is 6.51. The molecule has 118 valence electrons. The largest absolute Gasteiger partial charge is 0.402 e. The second-order valence-corrected chi connectivity index (χ2v) is 6.71. The number of rotatable bonds is 4. The van der Waals surface area contributed by atoms with Crippen LogP contribution < -0.4 is 0 Å². The summed E-state index contributed by atoms with van der Waals surface area (Å²) in [5.74, 6) is 0. The van der Waals surface area contributed by atoms with Crippen molar-refractivity contribution in [2.45, 2.75) is 30.0 Å². The number of hydrogen-bond donors (Lipinski definition) is 0. The Labute approximate surface area is 121 Å². The highest BCUT2D eigenvalue weighted by Gasteiger charge is 2.41. The van der Waals surface area contributed by atoms with Crippen molar-refractivity contribution in [3.8, 4) is 0 Å². The summed E-state index contributed by atoms with van der Waals surface area (Å²) in [7, 11) is -4.18. The third-order valence-electron chi connectivity index (χ3n) is 3.28. The molecule has 0 aromatic heterocycles. The lowest BCUT2D eigenvalue weighted by Gasteiger charge is -2.33. The van der Waals surface area contributed by atoms with Gasteiger partial charge in [-0.1, -0.05) is 18.2 Å². The van der Waals surface area contributed by atoms with Gasteiger partial charge in [0, 0.05) is 19.3 Å². The lowest BCUT2D eigenvalue weighted by Crippen LogP contribution is -2.47. The highest BCUT2D eigenvalue weighted by Crippen LogP contribution is 2.28. The third-order valence-corrected chi connectivity index (χ3v) is 5.20. The maximum Gasteiger partial charge on any atom is 0.402 e. The van der Waals surface area contributed by atoms with Gasteiger partial charge in [0.1, 0.15) is 6.54 Å². The van der Waals surface area contributed by atoms with Crippen LogP contribution in [0.2, 0.25) is 0 Å². The minimum Gasteiger partial charge on any atom is -0.381 e. The van der Waals surface area contributed by atoms with Gasteiger partial charge >= 0.3 is 6.18 Å². The van der Waals surface area contributed by atoms with E-state index in [2.05, 4.69) is 0 Å². The molecule has 0 spiro atoms. The first kappa shape index (κ1) is 16.3. The molecule has 1 aromatic rings. The van der Waals surface area contributed by atoms with Gasteiger partial charge in [-0.25, -0.2) is 8.42 Å². The first-order valence-corrected chi connectivity index (χ1v) is 7.96. The van der Waals surface area contributed by atoms with Crippen molar-refractivity contribution in [2.75, 3.05) is 19.8 Å². The van der Waals surface area contributed by atoms with Gasteiger partial charge in [0.05, 0.1) is 4.90 Å². The molecule has 8 heteroatoms. The fraction of sp³-hybridized carbons (Fsp3) is 0.538. The first-order chi connectivity index (χ1) is 9.81. The molecule has 1 saturated heterocycles. The second-order valence-electron chi connectivity index (χ2n) is 4.82. The molecule has 0 aliphatic carbocycles. The second kappa shape index (κ2) is 6.33. The van der Waals surface area contributed by atoms with Crippen LogP contribution in [0, 0.1) is 0 Å². The molecule has 0 bridgehead atoms. The minimum atomic E-state index is -4.58. The van der Waals surface area contributed by atoms with E-state index in [0.717, 1.165) is 0 Å². The number of halogens is 3. The zero-order valence-electron chi connectivity index (χ0n) is 11.2. The Bertz CT molecular complexity index is 554. The van der Waals surface area contributed by atoms with Gasteiger partial charge in [-0.2, -0.15) is 17.5 Å². The van der Waals surface area contributed by atoms with Crippen molar-refractivity contribution in [2.24, 2.45) is 0 Å². The third kappa shape index (κ3) is 4.18. The summed E-state index contributed by atoms with van der Waals surface area (Å²) in [6.07, 6.45) is -4.05. The van der Waals surface area contributed by atoms with Crippen LogP contribution in [0.3, 0.4) is 0 Å². The summed E-state index contributed by atoms with van der Waals surface area (Å²) >= 11 is 0. The molecule has 0 N–H and O–H groups in total. The summed E-state index contributed by atoms with van der Waals surface area (Å²) in [5.41, 5.74) is 0. The van der Waals surface area contributed by atoms with Gasteiger partial charge in [-0.15, -0.1) is 0 Å². The Morgan fingerprint density at radius 2 is 1.71 bits per heavy atom. The van der Waals surface area contributed by atoms with Crippen LogP contribution in [0.25, 0.3) is 0 Å². The van der Waals surface area contributed by atoms with Crippen LogP contribution in [0.1, 0.15) is 12.8 Å². The Kier molecular flexibility index (Phi) is 4.90. The molecule has 0 unspecified atom stereocenters. The smallest absolute Gasteiger partial charge is 0.381 e. The van der Waals surface area contributed by atoms with Crippen LogP contribution in [0.5, 0.6) is 0 Å². The molecule has 0 amide bonds. The molecule has 0 atom stereocenters. The Morgan fingerprint density at radius 1 is 1.14 bits per heavy atom. The summed E-state index contributed by atoms with van der Waals surface area (Å²) < 4.78 is 69.0. The first-order valence-electron chi connectivity index (χ1n) is 6.52. The molecule has 1 aliphatic rings. The topological polar surface area (TPSA) is 46.6 Å². The molecule has 1 heterocycles. The average molecular weight is 323 g/mol. The predicted octanol–water partition coefficient (Wildman–Crippen LogP) is 2.42. The van der Waals surface area contributed by atoms with Crippen molar-refractivity contribution in [3.05, 3.63) is 30.3 Å². The number of benzene rings is 1. The van der Waals surface area contributed by atoms with E-state index in [4.69, 9.17) is 4.74 Å². The molecule has 1 aliphatic heterocycles. The van der Waals surface area contributed by atoms with Crippen LogP contribution in [0.15, 0.2) is 35.2 Å². The number of sulfonamides is 1. The van der Waals surface area contributed by atoms with Gasteiger partial charge in [-0.05, 0) is 25.0 Å². The number of alkyl halides is 3. The van der Waals surface area contributed by atoms with Gasteiger partial charge in [-0.3, -0.25) is 0 Å². The van der Waals surface area contributed by atoms with Crippen molar-refractivity contribution in [1.82, 2.24) is 4.31 Å². The Balaban J connectivity index is 2.34. The van der Waals surface area contributed by atoms with E-state index in [1.165, 1.54) is 24.3 Å². The fourth-order valence-electron chi connectivity index (χ4n) is 2.29. The quantitative estimate of drug-likeness (QED) is 0.855. The van der Waals surface area contributed by atoms with E-state index in [1.807, 2.05) is 0 Å². The molecule has 1 aromatic carbocycles. The summed E-state index contributed by atoms with van der Waals surface area (Å²) in [4.78, 5) is -0.124. The molecule has 21 heavy (non-hydrogen) atoms. The van der Waals surface area contributed by atoms with Crippen LogP contribution in [-0.4, -0.2) is 44.7 Å². The molecule has 0 saturated carbocycles. The summed E-state index contributed by atoms with van der Waals surface area (Å²) in [6.45, 7) is -0.943. The maximum atomic E-state index is 12.8. The normalized spacial score (nSPS) is 18.1. The van der Waals surface area contributed by atoms with E-state index in [-0.39, 0.29) is 31.0 Å². The van der Waals surface area contributed by atoms with Crippen molar-refractivity contribution >= 4 is 10.0 Å². The summed E-state index contributed by atoms with van der Waals surface area (Å²) in [5, 5.41) is 0. The Morgan fingerprint density at radius 3 is 2.24 bits per heavy atom. The van der Waals surface area contributed by atoms with E-state index >= 15 is 0 Å². The van der Waals surface area contributed by atoms with Gasteiger partial charge in [0.2, 0.25) is 10.0 Å². The number of ether oxygens (including phenoxy) is 1. The van der Waals surface area contributed by atoms with E-state index in [0.29, 0.717) is 4.31 Å². The van der Waals surface area contributed by atoms with Crippen LogP contribution >= 0.6 is 0 Å². The number of nitrogens with zero attached hydrogens (tertiary/aromatic N) is 1. The van der Waals surface area contributed by atoms with Crippen LogP contribution in [0.4, 0.5) is 13.2 Å². The fourth-order valence-corrected chi connectivity index (χ4v) is 3.98. The molecule has 0 radical (unpaired) electrons. The molecule has 2 rings (SSSR count). The number of hydrogen-bond acceptors (Lipinski definition) is 3. The Hall–Kier alpha value is -1.12. The SMILES string of the molecule is O=S(=O)(c1ccccc1)N(CC(F)(F)F)C1CCOCC1. The van der Waals surface area contributed by atoms with Crippen molar-refractivity contribution < 1.29 is 26.3 Å². The van der Waals surface area contributed by atoms with Gasteiger partial charge in [0.15, 0.2) is 0 Å². The lowest BCUT2D eigenvalue weighted by molar-refractivity contribution is -0.141. The van der Waals surface area contributed by atoms with Crippen molar-refractivity contribution in [3.63, 3.8) is 0 Å². The molecular formula is C13H16F3NO3S. The predicted molar refractivity (Wildman–Crippen MR) is 70.2 cm³/mol. The molecular weight excluding hydrogens is 307 g/mol. The van der Waals surface area contributed by atoms with Crippen LogP contribution in [-0.2, 0) is 14.8 Å². The zero-order chi connectivity index (χ0) is 15.5. The maximum absolute atomic E-state index is 12.8. The van der Waals surface area contributed by atoms with E-state index in [9.17, 15) is 21.6 Å². The van der Waals surface area contributed by atoms with Crippen molar-refractivity contribution in [1.29, 1.82) is 0 Å². The van der Waals surface area contributed by atoms with E-state index in [1.54, 1.807) is 6.07 Å². The monoisotopic (exact) mass is 323 g/mol. The van der Waals surface area contributed by atoms with E-state index < -0.39 is 28.8 Å². The zero-order valence-corrected chi connectivity index (χ0v) is 12.0. The van der Waals surface area contributed by atoms with Gasteiger partial charge < -0.3 is 4.74 Å². The molecule has 4 nitrogen and oxygen atoms in total. The lowest BCUT2D eigenvalue weighted by atomic mass is 10.1. The average Bonchev–Trinajstić information content (AvgIpc) is 2.46. The standard InChI is InChI=1S/C13H16F3NO3S/c14-13(15,16)10-17(11-6-8-20-9-7-11)21(18,19)12-4-2-1-3-5-12/h1-5,11H,6-10H2.